The largest absolute Gasteiger partial charge is 0.364 e. The van der Waals surface area contributed by atoms with Gasteiger partial charge >= 0.3 is 0 Å². The fourth-order valence-corrected chi connectivity index (χ4v) is 2.47. The number of hydrogen-bond donors (Lipinski definition) is 0. The Morgan fingerprint density at radius 3 is 2.00 bits per heavy atom. The molecule has 0 aliphatic carbocycles. The molecule has 0 aromatic heterocycles. The quantitative estimate of drug-likeness (QED) is 0.690. The van der Waals surface area contributed by atoms with Crippen LogP contribution in [-0.4, -0.2) is 18.9 Å². The van der Waals surface area contributed by atoms with Gasteiger partial charge in [-0.15, -0.1) is 0 Å². The first-order valence-electron chi connectivity index (χ1n) is 7.15. The standard InChI is InChI=1S/C16H23F2NO/c1-5-13(6-2)19(9-11(3)4)16-14(17)7-12(10-20)8-15(16)18/h7-8,10-11,13H,5-6,9H2,1-4H3. The molecule has 4 heteroatoms. The van der Waals surface area contributed by atoms with Gasteiger partial charge < -0.3 is 4.90 Å². The predicted molar refractivity (Wildman–Crippen MR) is 78.3 cm³/mol. The Hall–Kier alpha value is -1.45. The lowest BCUT2D eigenvalue weighted by Crippen LogP contribution is -2.38. The van der Waals surface area contributed by atoms with Gasteiger partial charge in [0, 0.05) is 18.2 Å². The molecule has 0 aliphatic rings. The summed E-state index contributed by atoms with van der Waals surface area (Å²) in [5, 5.41) is 0. The van der Waals surface area contributed by atoms with E-state index in [1.54, 1.807) is 4.90 Å². The van der Waals surface area contributed by atoms with Crippen LogP contribution in [0.2, 0.25) is 0 Å². The first kappa shape index (κ1) is 16.6. The number of hydrogen-bond acceptors (Lipinski definition) is 2. The van der Waals surface area contributed by atoms with Gasteiger partial charge in [-0.2, -0.15) is 0 Å². The number of carbonyl (C=O) groups excluding carboxylic acids is 1. The summed E-state index contributed by atoms with van der Waals surface area (Å²) in [7, 11) is 0. The average Bonchev–Trinajstić information content (AvgIpc) is 2.38. The second kappa shape index (κ2) is 7.36. The molecule has 112 valence electrons. The summed E-state index contributed by atoms with van der Waals surface area (Å²) in [6.07, 6.45) is 2.09. The molecule has 0 heterocycles. The van der Waals surface area contributed by atoms with E-state index in [1.165, 1.54) is 0 Å². The van der Waals surface area contributed by atoms with Gasteiger partial charge in [0.2, 0.25) is 0 Å². The van der Waals surface area contributed by atoms with E-state index in [1.807, 2.05) is 27.7 Å². The number of benzene rings is 1. The van der Waals surface area contributed by atoms with E-state index in [4.69, 9.17) is 0 Å². The summed E-state index contributed by atoms with van der Waals surface area (Å²) in [5.41, 5.74) is 0.00999. The third-order valence-electron chi connectivity index (χ3n) is 3.41. The highest BCUT2D eigenvalue weighted by molar-refractivity contribution is 5.76. The molecule has 0 radical (unpaired) electrons. The molecule has 0 saturated carbocycles. The van der Waals surface area contributed by atoms with Crippen LogP contribution in [0.25, 0.3) is 0 Å². The molecule has 20 heavy (non-hydrogen) atoms. The van der Waals surface area contributed by atoms with E-state index >= 15 is 0 Å². The molecule has 0 spiro atoms. The van der Waals surface area contributed by atoms with Crippen molar-refractivity contribution in [3.05, 3.63) is 29.3 Å². The van der Waals surface area contributed by atoms with E-state index in [9.17, 15) is 13.6 Å². The molecule has 0 N–H and O–H groups in total. The van der Waals surface area contributed by atoms with Crippen molar-refractivity contribution < 1.29 is 13.6 Å². The van der Waals surface area contributed by atoms with E-state index in [-0.39, 0.29) is 17.3 Å². The van der Waals surface area contributed by atoms with Gasteiger partial charge in [0.1, 0.15) is 23.6 Å². The molecule has 2 nitrogen and oxygen atoms in total. The number of anilines is 1. The highest BCUT2D eigenvalue weighted by Gasteiger charge is 2.24. The summed E-state index contributed by atoms with van der Waals surface area (Å²) in [6, 6.07) is 2.28. The van der Waals surface area contributed by atoms with Crippen molar-refractivity contribution in [1.82, 2.24) is 0 Å². The molecule has 1 rings (SSSR count). The smallest absolute Gasteiger partial charge is 0.150 e. The summed E-state index contributed by atoms with van der Waals surface area (Å²) in [5.74, 6) is -1.04. The lowest BCUT2D eigenvalue weighted by molar-refractivity contribution is 0.112. The molecule has 1 aromatic rings. The van der Waals surface area contributed by atoms with Crippen molar-refractivity contribution in [2.24, 2.45) is 5.92 Å². The maximum Gasteiger partial charge on any atom is 0.150 e. The monoisotopic (exact) mass is 283 g/mol. The van der Waals surface area contributed by atoms with Crippen LogP contribution < -0.4 is 4.90 Å². The van der Waals surface area contributed by atoms with Crippen LogP contribution in [0.3, 0.4) is 0 Å². The van der Waals surface area contributed by atoms with Gasteiger partial charge in [-0.3, -0.25) is 4.79 Å². The minimum atomic E-state index is -0.667. The van der Waals surface area contributed by atoms with E-state index in [2.05, 4.69) is 0 Å². The molecular weight excluding hydrogens is 260 g/mol. The Bertz CT molecular complexity index is 433. The highest BCUT2D eigenvalue weighted by atomic mass is 19.1. The SMILES string of the molecule is CCC(CC)N(CC(C)C)c1c(F)cc(C=O)cc1F. The van der Waals surface area contributed by atoms with Gasteiger partial charge in [-0.25, -0.2) is 8.78 Å². The van der Waals surface area contributed by atoms with Crippen molar-refractivity contribution in [1.29, 1.82) is 0 Å². The zero-order valence-corrected chi connectivity index (χ0v) is 12.6. The Kier molecular flexibility index (Phi) is 6.11. The van der Waals surface area contributed by atoms with Crippen LogP contribution in [-0.2, 0) is 0 Å². The lowest BCUT2D eigenvalue weighted by atomic mass is 10.0. The lowest BCUT2D eigenvalue weighted by Gasteiger charge is -2.34. The molecule has 1 aromatic carbocycles. The average molecular weight is 283 g/mol. The molecule has 0 bridgehead atoms. The van der Waals surface area contributed by atoms with Gasteiger partial charge in [0.05, 0.1) is 0 Å². The van der Waals surface area contributed by atoms with Crippen LogP contribution in [0.5, 0.6) is 0 Å². The first-order chi connectivity index (χ1) is 9.44. The van der Waals surface area contributed by atoms with E-state index < -0.39 is 11.6 Å². The fraction of sp³-hybridized carbons (Fsp3) is 0.562. The normalized spacial score (nSPS) is 11.2. The van der Waals surface area contributed by atoms with Crippen molar-refractivity contribution in [3.8, 4) is 0 Å². The maximum absolute atomic E-state index is 14.2. The van der Waals surface area contributed by atoms with Crippen LogP contribution in [0, 0.1) is 17.6 Å². The topological polar surface area (TPSA) is 20.3 Å². The summed E-state index contributed by atoms with van der Waals surface area (Å²) < 4.78 is 28.4. The molecule has 0 atom stereocenters. The molecule has 0 unspecified atom stereocenters. The third kappa shape index (κ3) is 3.78. The van der Waals surface area contributed by atoms with Crippen LogP contribution in [0.1, 0.15) is 50.9 Å². The highest BCUT2D eigenvalue weighted by Crippen LogP contribution is 2.29. The zero-order chi connectivity index (χ0) is 15.3. The predicted octanol–water partition coefficient (Wildman–Crippen LogP) is 4.43. The molecule has 0 amide bonds. The minimum absolute atomic E-state index is 0.0157. The number of carbonyl (C=O) groups is 1. The Labute approximate surface area is 119 Å². The summed E-state index contributed by atoms with van der Waals surface area (Å²) in [6.45, 7) is 8.64. The number of rotatable bonds is 7. The molecular formula is C16H23F2NO. The van der Waals surface area contributed by atoms with Crippen molar-refractivity contribution >= 4 is 12.0 Å². The summed E-state index contributed by atoms with van der Waals surface area (Å²) in [4.78, 5) is 12.5. The van der Waals surface area contributed by atoms with Crippen LogP contribution in [0.15, 0.2) is 12.1 Å². The van der Waals surface area contributed by atoms with Gasteiger partial charge in [-0.1, -0.05) is 27.7 Å². The van der Waals surface area contributed by atoms with Crippen LogP contribution in [0.4, 0.5) is 14.5 Å². The molecule has 0 saturated heterocycles. The number of halogens is 2. The number of nitrogens with zero attached hydrogens (tertiary/aromatic N) is 1. The van der Waals surface area contributed by atoms with E-state index in [0.717, 1.165) is 25.0 Å². The Morgan fingerprint density at radius 2 is 1.65 bits per heavy atom. The van der Waals surface area contributed by atoms with E-state index in [0.29, 0.717) is 18.7 Å². The minimum Gasteiger partial charge on any atom is -0.364 e. The Morgan fingerprint density at radius 1 is 1.15 bits per heavy atom. The molecule has 0 aliphatic heterocycles. The van der Waals surface area contributed by atoms with Gasteiger partial charge in [0.25, 0.3) is 0 Å². The van der Waals surface area contributed by atoms with Crippen molar-refractivity contribution in [2.45, 2.75) is 46.6 Å². The van der Waals surface area contributed by atoms with Crippen LogP contribution >= 0.6 is 0 Å². The maximum atomic E-state index is 14.2. The van der Waals surface area contributed by atoms with Crippen molar-refractivity contribution in [3.63, 3.8) is 0 Å². The van der Waals surface area contributed by atoms with Gasteiger partial charge in [0.15, 0.2) is 0 Å². The summed E-state index contributed by atoms with van der Waals surface area (Å²) >= 11 is 0. The second-order valence-electron chi connectivity index (χ2n) is 5.47. The van der Waals surface area contributed by atoms with Gasteiger partial charge in [-0.05, 0) is 30.9 Å². The number of aldehydes is 1. The third-order valence-corrected chi connectivity index (χ3v) is 3.41. The Balaban J connectivity index is 3.29. The second-order valence-corrected chi connectivity index (χ2v) is 5.47. The van der Waals surface area contributed by atoms with Crippen molar-refractivity contribution in [2.75, 3.05) is 11.4 Å². The molecule has 0 fully saturated rings. The first-order valence-corrected chi connectivity index (χ1v) is 7.15. The fourth-order valence-electron chi connectivity index (χ4n) is 2.47. The zero-order valence-electron chi connectivity index (χ0n) is 12.6.